The minimum Gasteiger partial charge on any atom is -0.480 e. The number of ether oxygens (including phenoxy) is 1. The Hall–Kier alpha value is -2.05. The molecular formula is C9H11N3O4. The van der Waals surface area contributed by atoms with Crippen LogP contribution in [0.5, 0.6) is 0 Å². The zero-order valence-corrected chi connectivity index (χ0v) is 8.50. The van der Waals surface area contributed by atoms with E-state index in [0.717, 1.165) is 6.42 Å². The second kappa shape index (κ2) is 4.21. The van der Waals surface area contributed by atoms with Gasteiger partial charge in [0.2, 0.25) is 0 Å². The van der Waals surface area contributed by atoms with Gasteiger partial charge in [0.1, 0.15) is 6.54 Å². The van der Waals surface area contributed by atoms with Gasteiger partial charge in [0.05, 0.1) is 18.5 Å². The van der Waals surface area contributed by atoms with E-state index in [1.807, 2.05) is 0 Å². The second-order valence-electron chi connectivity index (χ2n) is 3.41. The van der Waals surface area contributed by atoms with Crippen LogP contribution in [0.2, 0.25) is 0 Å². The van der Waals surface area contributed by atoms with Crippen molar-refractivity contribution in [1.29, 1.82) is 0 Å². The molecule has 1 fully saturated rings. The molecule has 0 spiro atoms. The van der Waals surface area contributed by atoms with E-state index in [0.29, 0.717) is 18.8 Å². The summed E-state index contributed by atoms with van der Waals surface area (Å²) in [6.45, 7) is 0.777. The molecule has 1 amide bonds. The SMILES string of the molecule is O=C(O)Cn1cc(N2CCCOC2=O)cn1. The van der Waals surface area contributed by atoms with E-state index in [4.69, 9.17) is 9.84 Å². The van der Waals surface area contributed by atoms with Crippen LogP contribution in [0.3, 0.4) is 0 Å². The maximum atomic E-state index is 11.4. The number of carboxylic acids is 1. The fraction of sp³-hybridized carbons (Fsp3) is 0.444. The minimum atomic E-state index is -0.976. The van der Waals surface area contributed by atoms with Crippen LogP contribution in [0.4, 0.5) is 10.5 Å². The number of nitrogens with zero attached hydrogens (tertiary/aromatic N) is 3. The van der Waals surface area contributed by atoms with Crippen molar-refractivity contribution in [1.82, 2.24) is 9.78 Å². The fourth-order valence-corrected chi connectivity index (χ4v) is 1.50. The molecule has 16 heavy (non-hydrogen) atoms. The number of carbonyl (C=O) groups excluding carboxylic acids is 1. The van der Waals surface area contributed by atoms with Crippen molar-refractivity contribution >= 4 is 17.7 Å². The van der Waals surface area contributed by atoms with E-state index in [-0.39, 0.29) is 6.54 Å². The Morgan fingerprint density at radius 1 is 1.62 bits per heavy atom. The molecule has 1 aromatic rings. The molecular weight excluding hydrogens is 214 g/mol. The highest BCUT2D eigenvalue weighted by atomic mass is 16.6. The van der Waals surface area contributed by atoms with Gasteiger partial charge in [-0.1, -0.05) is 0 Å². The van der Waals surface area contributed by atoms with Crippen molar-refractivity contribution in [2.24, 2.45) is 0 Å². The highest BCUT2D eigenvalue weighted by molar-refractivity contribution is 5.87. The molecule has 0 aliphatic carbocycles. The van der Waals surface area contributed by atoms with Gasteiger partial charge in [-0.2, -0.15) is 5.10 Å². The van der Waals surface area contributed by atoms with Crippen LogP contribution in [-0.2, 0) is 16.1 Å². The molecule has 1 N–H and O–H groups in total. The van der Waals surface area contributed by atoms with Gasteiger partial charge in [-0.3, -0.25) is 14.4 Å². The molecule has 0 bridgehead atoms. The van der Waals surface area contributed by atoms with E-state index >= 15 is 0 Å². The van der Waals surface area contributed by atoms with E-state index in [1.54, 1.807) is 0 Å². The van der Waals surface area contributed by atoms with E-state index < -0.39 is 12.1 Å². The molecule has 1 saturated heterocycles. The number of hydrogen-bond acceptors (Lipinski definition) is 4. The predicted octanol–water partition coefficient (Wildman–Crippen LogP) is 0.314. The quantitative estimate of drug-likeness (QED) is 0.800. The number of aromatic nitrogens is 2. The number of carboxylic acid groups (broad SMARTS) is 1. The van der Waals surface area contributed by atoms with Gasteiger partial charge in [0, 0.05) is 12.7 Å². The molecule has 0 saturated carbocycles. The molecule has 7 nitrogen and oxygen atoms in total. The van der Waals surface area contributed by atoms with Crippen LogP contribution < -0.4 is 4.90 Å². The van der Waals surface area contributed by atoms with Crippen molar-refractivity contribution < 1.29 is 19.4 Å². The van der Waals surface area contributed by atoms with Gasteiger partial charge >= 0.3 is 12.1 Å². The molecule has 86 valence electrons. The zero-order chi connectivity index (χ0) is 11.5. The third-order valence-corrected chi connectivity index (χ3v) is 2.20. The summed E-state index contributed by atoms with van der Waals surface area (Å²) in [6.07, 6.45) is 3.31. The van der Waals surface area contributed by atoms with Gasteiger partial charge in [-0.05, 0) is 6.42 Å². The number of anilines is 1. The molecule has 1 aromatic heterocycles. The number of carbonyl (C=O) groups is 2. The first-order valence-corrected chi connectivity index (χ1v) is 4.85. The zero-order valence-electron chi connectivity index (χ0n) is 8.50. The van der Waals surface area contributed by atoms with Gasteiger partial charge in [0.15, 0.2) is 0 Å². The van der Waals surface area contributed by atoms with E-state index in [1.165, 1.54) is 22.0 Å². The number of aliphatic carboxylic acids is 1. The van der Waals surface area contributed by atoms with Crippen molar-refractivity contribution in [3.63, 3.8) is 0 Å². The van der Waals surface area contributed by atoms with Gasteiger partial charge < -0.3 is 9.84 Å². The summed E-state index contributed by atoms with van der Waals surface area (Å²) in [5, 5.41) is 12.4. The lowest BCUT2D eigenvalue weighted by Crippen LogP contribution is -2.37. The highest BCUT2D eigenvalue weighted by Gasteiger charge is 2.22. The van der Waals surface area contributed by atoms with Crippen molar-refractivity contribution in [3.8, 4) is 0 Å². The largest absolute Gasteiger partial charge is 0.480 e. The molecule has 2 rings (SSSR count). The van der Waals surface area contributed by atoms with Crippen molar-refractivity contribution in [3.05, 3.63) is 12.4 Å². The Bertz CT molecular complexity index is 415. The van der Waals surface area contributed by atoms with Crippen molar-refractivity contribution in [2.75, 3.05) is 18.1 Å². The Labute approximate surface area is 91.2 Å². The summed E-state index contributed by atoms with van der Waals surface area (Å²) in [5.74, 6) is -0.976. The average Bonchev–Trinajstić information content (AvgIpc) is 2.66. The maximum absolute atomic E-state index is 11.4. The fourth-order valence-electron chi connectivity index (χ4n) is 1.50. The molecule has 0 radical (unpaired) electrons. The number of amides is 1. The van der Waals surface area contributed by atoms with Gasteiger partial charge in [-0.25, -0.2) is 4.79 Å². The van der Waals surface area contributed by atoms with Gasteiger partial charge in [0.25, 0.3) is 0 Å². The van der Waals surface area contributed by atoms with Crippen LogP contribution in [0, 0.1) is 0 Å². The Kier molecular flexibility index (Phi) is 2.76. The monoisotopic (exact) mass is 225 g/mol. The first-order chi connectivity index (χ1) is 7.66. The number of hydrogen-bond donors (Lipinski definition) is 1. The van der Waals surface area contributed by atoms with Crippen LogP contribution >= 0.6 is 0 Å². The van der Waals surface area contributed by atoms with Gasteiger partial charge in [-0.15, -0.1) is 0 Å². The summed E-state index contributed by atoms with van der Waals surface area (Å²) in [4.78, 5) is 23.3. The lowest BCUT2D eigenvalue weighted by Gasteiger charge is -2.24. The summed E-state index contributed by atoms with van der Waals surface area (Å²) in [7, 11) is 0. The van der Waals surface area contributed by atoms with Crippen LogP contribution in [-0.4, -0.2) is 40.1 Å². The molecule has 1 aliphatic rings. The highest BCUT2D eigenvalue weighted by Crippen LogP contribution is 2.17. The predicted molar refractivity (Wildman–Crippen MR) is 53.2 cm³/mol. The summed E-state index contributed by atoms with van der Waals surface area (Å²) < 4.78 is 6.13. The third kappa shape index (κ3) is 2.13. The molecule has 7 heteroatoms. The first-order valence-electron chi connectivity index (χ1n) is 4.85. The van der Waals surface area contributed by atoms with E-state index in [9.17, 15) is 9.59 Å². The maximum Gasteiger partial charge on any atom is 0.414 e. The minimum absolute atomic E-state index is 0.219. The molecule has 0 unspecified atom stereocenters. The Morgan fingerprint density at radius 2 is 2.44 bits per heavy atom. The van der Waals surface area contributed by atoms with Crippen LogP contribution in [0.25, 0.3) is 0 Å². The van der Waals surface area contributed by atoms with Crippen LogP contribution in [0.1, 0.15) is 6.42 Å². The standard InChI is InChI=1S/C9H11N3O4/c13-8(14)6-11-5-7(4-10-11)12-2-1-3-16-9(12)15/h4-5H,1-3,6H2,(H,13,14). The van der Waals surface area contributed by atoms with E-state index in [2.05, 4.69) is 5.10 Å². The lowest BCUT2D eigenvalue weighted by molar-refractivity contribution is -0.137. The molecule has 0 aromatic carbocycles. The summed E-state index contributed by atoms with van der Waals surface area (Å²) in [5.41, 5.74) is 0.561. The Balaban J connectivity index is 2.11. The first kappa shape index (κ1) is 10.5. The summed E-state index contributed by atoms with van der Waals surface area (Å²) >= 11 is 0. The van der Waals surface area contributed by atoms with Crippen molar-refractivity contribution in [2.45, 2.75) is 13.0 Å². The van der Waals surface area contributed by atoms with Crippen LogP contribution in [0.15, 0.2) is 12.4 Å². The lowest BCUT2D eigenvalue weighted by atomic mass is 10.3. The molecule has 2 heterocycles. The Morgan fingerprint density at radius 3 is 3.12 bits per heavy atom. The molecule has 0 atom stereocenters. The second-order valence-corrected chi connectivity index (χ2v) is 3.41. The smallest absolute Gasteiger partial charge is 0.414 e. The topological polar surface area (TPSA) is 84.7 Å². The number of rotatable bonds is 3. The number of cyclic esters (lactones) is 1. The normalized spacial score (nSPS) is 16.0. The summed E-state index contributed by atoms with van der Waals surface area (Å²) in [6, 6.07) is 0. The average molecular weight is 225 g/mol. The molecule has 1 aliphatic heterocycles. The third-order valence-electron chi connectivity index (χ3n) is 2.20.